The molecule has 0 fully saturated rings. The van der Waals surface area contributed by atoms with Crippen molar-refractivity contribution in [2.75, 3.05) is 7.11 Å². The van der Waals surface area contributed by atoms with E-state index < -0.39 is 0 Å². The fourth-order valence-electron chi connectivity index (χ4n) is 1.30. The quantitative estimate of drug-likeness (QED) is 0.543. The Morgan fingerprint density at radius 1 is 1.43 bits per heavy atom. The zero-order valence-corrected chi connectivity index (χ0v) is 9.11. The lowest BCUT2D eigenvalue weighted by Gasteiger charge is -2.09. The number of aromatic nitrogens is 2. The summed E-state index contributed by atoms with van der Waals surface area (Å²) >= 11 is 0. The first-order valence-corrected chi connectivity index (χ1v) is 4.61. The standard InChI is InChI=1S/C11H16N2O/c1-5-10(11(6-2)14-4)13-8-9(3)7-12-13/h5-8H,1-4H3/b10-5+,11-6+. The molecular formula is C11H16N2O. The number of methoxy groups -OCH3 is 1. The van der Waals surface area contributed by atoms with Gasteiger partial charge >= 0.3 is 0 Å². The number of nitrogens with zero attached hydrogens (tertiary/aromatic N) is 2. The second kappa shape index (κ2) is 4.65. The van der Waals surface area contributed by atoms with Gasteiger partial charge in [-0.3, -0.25) is 0 Å². The largest absolute Gasteiger partial charge is 0.495 e. The molecule has 1 aromatic heterocycles. The van der Waals surface area contributed by atoms with Gasteiger partial charge < -0.3 is 4.74 Å². The number of hydrogen-bond acceptors (Lipinski definition) is 2. The first-order chi connectivity index (χ1) is 6.72. The van der Waals surface area contributed by atoms with E-state index >= 15 is 0 Å². The maximum absolute atomic E-state index is 5.25. The van der Waals surface area contributed by atoms with Gasteiger partial charge in [0.05, 0.1) is 13.3 Å². The Bertz CT molecular complexity index is 361. The van der Waals surface area contributed by atoms with Crippen molar-refractivity contribution in [2.24, 2.45) is 0 Å². The molecule has 0 unspecified atom stereocenters. The van der Waals surface area contributed by atoms with Crippen LogP contribution < -0.4 is 0 Å². The van der Waals surface area contributed by atoms with Crippen LogP contribution in [0.15, 0.2) is 30.3 Å². The summed E-state index contributed by atoms with van der Waals surface area (Å²) in [5, 5.41) is 4.23. The molecule has 0 aliphatic rings. The summed E-state index contributed by atoms with van der Waals surface area (Å²) < 4.78 is 7.06. The van der Waals surface area contributed by atoms with Crippen molar-refractivity contribution in [1.29, 1.82) is 0 Å². The van der Waals surface area contributed by atoms with E-state index in [0.717, 1.165) is 17.0 Å². The van der Waals surface area contributed by atoms with Crippen molar-refractivity contribution in [3.8, 4) is 0 Å². The highest BCUT2D eigenvalue weighted by Crippen LogP contribution is 2.16. The molecule has 0 aliphatic heterocycles. The minimum atomic E-state index is 0.829. The minimum Gasteiger partial charge on any atom is -0.495 e. The lowest BCUT2D eigenvalue weighted by atomic mass is 10.3. The predicted molar refractivity (Wildman–Crippen MR) is 57.7 cm³/mol. The summed E-state index contributed by atoms with van der Waals surface area (Å²) in [5.41, 5.74) is 2.10. The normalized spacial score (nSPS) is 13.1. The molecular weight excluding hydrogens is 176 g/mol. The molecule has 0 saturated heterocycles. The molecule has 0 bridgehead atoms. The van der Waals surface area contributed by atoms with Crippen LogP contribution in [-0.2, 0) is 4.74 Å². The Balaban J connectivity index is 3.05. The molecule has 3 nitrogen and oxygen atoms in total. The second-order valence-corrected chi connectivity index (χ2v) is 2.99. The van der Waals surface area contributed by atoms with Crippen molar-refractivity contribution in [3.63, 3.8) is 0 Å². The SMILES string of the molecule is C/C=C(OC)\C(=C/C)n1cc(C)cn1. The summed E-state index contributed by atoms with van der Waals surface area (Å²) in [4.78, 5) is 0. The zero-order chi connectivity index (χ0) is 10.6. The number of rotatable bonds is 3. The van der Waals surface area contributed by atoms with E-state index in [1.165, 1.54) is 0 Å². The zero-order valence-electron chi connectivity index (χ0n) is 9.11. The van der Waals surface area contributed by atoms with Gasteiger partial charge in [-0.1, -0.05) is 6.08 Å². The fourth-order valence-corrected chi connectivity index (χ4v) is 1.30. The van der Waals surface area contributed by atoms with Crippen LogP contribution in [0, 0.1) is 6.92 Å². The summed E-state index contributed by atoms with van der Waals surface area (Å²) in [6.07, 6.45) is 7.70. The van der Waals surface area contributed by atoms with Crippen LogP contribution >= 0.6 is 0 Å². The molecule has 1 heterocycles. The highest BCUT2D eigenvalue weighted by molar-refractivity contribution is 5.60. The van der Waals surface area contributed by atoms with Gasteiger partial charge in [-0.05, 0) is 32.4 Å². The highest BCUT2D eigenvalue weighted by Gasteiger charge is 2.06. The third kappa shape index (κ3) is 2.05. The van der Waals surface area contributed by atoms with E-state index in [2.05, 4.69) is 5.10 Å². The average molecular weight is 192 g/mol. The van der Waals surface area contributed by atoms with Gasteiger partial charge in [0.1, 0.15) is 11.5 Å². The van der Waals surface area contributed by atoms with Gasteiger partial charge in [-0.25, -0.2) is 4.68 Å². The summed E-state index contributed by atoms with van der Waals surface area (Å²) in [6.45, 7) is 5.92. The van der Waals surface area contributed by atoms with Crippen LogP contribution in [0.1, 0.15) is 19.4 Å². The third-order valence-corrected chi connectivity index (χ3v) is 1.97. The van der Waals surface area contributed by atoms with Crippen LogP contribution in [0.3, 0.4) is 0 Å². The molecule has 14 heavy (non-hydrogen) atoms. The van der Waals surface area contributed by atoms with Crippen molar-refractivity contribution in [2.45, 2.75) is 20.8 Å². The van der Waals surface area contributed by atoms with E-state index in [1.54, 1.807) is 7.11 Å². The molecule has 1 aromatic rings. The van der Waals surface area contributed by atoms with Crippen LogP contribution in [0.5, 0.6) is 0 Å². The Kier molecular flexibility index (Phi) is 3.51. The molecule has 0 aromatic carbocycles. The topological polar surface area (TPSA) is 27.1 Å². The van der Waals surface area contributed by atoms with E-state index in [4.69, 9.17) is 4.74 Å². The molecule has 76 valence electrons. The Morgan fingerprint density at radius 3 is 2.50 bits per heavy atom. The van der Waals surface area contributed by atoms with E-state index in [-0.39, 0.29) is 0 Å². The van der Waals surface area contributed by atoms with E-state index in [0.29, 0.717) is 0 Å². The number of hydrogen-bond donors (Lipinski definition) is 0. The van der Waals surface area contributed by atoms with Crippen molar-refractivity contribution < 1.29 is 4.74 Å². The maximum atomic E-state index is 5.25. The predicted octanol–water partition coefficient (Wildman–Crippen LogP) is 2.60. The van der Waals surface area contributed by atoms with E-state index in [9.17, 15) is 0 Å². The fraction of sp³-hybridized carbons (Fsp3) is 0.364. The average Bonchev–Trinajstić information content (AvgIpc) is 2.60. The van der Waals surface area contributed by atoms with Crippen molar-refractivity contribution >= 4 is 5.70 Å². The van der Waals surface area contributed by atoms with Crippen LogP contribution in [-0.4, -0.2) is 16.9 Å². The van der Waals surface area contributed by atoms with Gasteiger partial charge in [0.15, 0.2) is 0 Å². The number of aryl methyl sites for hydroxylation is 1. The summed E-state index contributed by atoms with van der Waals surface area (Å²) in [6, 6.07) is 0. The maximum Gasteiger partial charge on any atom is 0.139 e. The van der Waals surface area contributed by atoms with Gasteiger partial charge in [-0.2, -0.15) is 5.10 Å². The number of allylic oxidation sites excluding steroid dienone is 3. The van der Waals surface area contributed by atoms with Crippen molar-refractivity contribution in [1.82, 2.24) is 9.78 Å². The van der Waals surface area contributed by atoms with Gasteiger partial charge in [0.2, 0.25) is 0 Å². The van der Waals surface area contributed by atoms with Crippen LogP contribution in [0.2, 0.25) is 0 Å². The smallest absolute Gasteiger partial charge is 0.139 e. The Labute approximate surface area is 84.7 Å². The van der Waals surface area contributed by atoms with Crippen molar-refractivity contribution in [3.05, 3.63) is 35.9 Å². The lowest BCUT2D eigenvalue weighted by molar-refractivity contribution is 0.306. The third-order valence-electron chi connectivity index (χ3n) is 1.97. The van der Waals surface area contributed by atoms with Gasteiger partial charge in [0, 0.05) is 6.20 Å². The first-order valence-electron chi connectivity index (χ1n) is 4.61. The number of ether oxygens (including phenoxy) is 1. The summed E-state index contributed by atoms with van der Waals surface area (Å²) in [5.74, 6) is 0.829. The molecule has 0 N–H and O–H groups in total. The lowest BCUT2D eigenvalue weighted by Crippen LogP contribution is -2.01. The molecule has 0 saturated carbocycles. The van der Waals surface area contributed by atoms with Crippen LogP contribution in [0.25, 0.3) is 5.70 Å². The Hall–Kier alpha value is -1.51. The van der Waals surface area contributed by atoms with Gasteiger partial charge in [-0.15, -0.1) is 0 Å². The molecule has 0 aliphatic carbocycles. The molecule has 0 atom stereocenters. The van der Waals surface area contributed by atoms with E-state index in [1.807, 2.05) is 50.0 Å². The first kappa shape index (κ1) is 10.6. The molecule has 0 radical (unpaired) electrons. The van der Waals surface area contributed by atoms with Crippen LogP contribution in [0.4, 0.5) is 0 Å². The molecule has 1 rings (SSSR count). The minimum absolute atomic E-state index is 0.829. The molecule has 3 heteroatoms. The molecule has 0 amide bonds. The second-order valence-electron chi connectivity index (χ2n) is 2.99. The summed E-state index contributed by atoms with van der Waals surface area (Å²) in [7, 11) is 1.66. The molecule has 0 spiro atoms. The highest BCUT2D eigenvalue weighted by atomic mass is 16.5. The van der Waals surface area contributed by atoms with Gasteiger partial charge in [0.25, 0.3) is 0 Å². The monoisotopic (exact) mass is 192 g/mol. The Morgan fingerprint density at radius 2 is 2.14 bits per heavy atom.